The third-order valence-electron chi connectivity index (χ3n) is 4.40. The molecule has 2 aliphatic rings. The highest BCUT2D eigenvalue weighted by atomic mass is 79.9. The maximum Gasteiger partial charge on any atom is 0.0100 e. The Morgan fingerprint density at radius 2 is 1.93 bits per heavy atom. The van der Waals surface area contributed by atoms with E-state index in [2.05, 4.69) is 34.7 Å². The van der Waals surface area contributed by atoms with Crippen LogP contribution < -0.4 is 0 Å². The molecule has 0 aromatic rings. The topological polar surface area (TPSA) is 3.24 Å². The first kappa shape index (κ1) is 11.9. The third-order valence-corrected chi connectivity index (χ3v) is 5.59. The number of hydrogen-bond acceptors (Lipinski definition) is 1. The van der Waals surface area contributed by atoms with Crippen LogP contribution in [0.4, 0.5) is 0 Å². The molecule has 0 aromatic carbocycles. The predicted octanol–water partition coefficient (Wildman–Crippen LogP) is 3.67. The molecule has 0 amide bonds. The van der Waals surface area contributed by atoms with E-state index in [1.54, 1.807) is 0 Å². The van der Waals surface area contributed by atoms with Crippen LogP contribution in [0.15, 0.2) is 0 Å². The molecule has 2 fully saturated rings. The Morgan fingerprint density at radius 1 is 1.27 bits per heavy atom. The van der Waals surface area contributed by atoms with Crippen molar-refractivity contribution in [2.24, 2.45) is 11.3 Å². The minimum absolute atomic E-state index is 0.609. The maximum absolute atomic E-state index is 3.75. The predicted molar refractivity (Wildman–Crippen MR) is 69.5 cm³/mol. The molecule has 0 N–H and O–H groups in total. The molecule has 0 aromatic heterocycles. The normalized spacial score (nSPS) is 36.2. The van der Waals surface area contributed by atoms with Crippen LogP contribution in [0.5, 0.6) is 0 Å². The van der Waals surface area contributed by atoms with Crippen LogP contribution in [0, 0.1) is 11.3 Å². The van der Waals surface area contributed by atoms with E-state index < -0.39 is 0 Å². The van der Waals surface area contributed by atoms with Crippen LogP contribution in [0.25, 0.3) is 0 Å². The minimum Gasteiger partial charge on any atom is -0.300 e. The lowest BCUT2D eigenvalue weighted by molar-refractivity contribution is 0.165. The first-order valence-electron chi connectivity index (χ1n) is 6.45. The Bertz CT molecular complexity index is 211. The quantitative estimate of drug-likeness (QED) is 0.710. The van der Waals surface area contributed by atoms with Crippen molar-refractivity contribution in [2.75, 3.05) is 18.4 Å². The molecule has 1 heterocycles. The lowest BCUT2D eigenvalue weighted by atomic mass is 9.88. The van der Waals surface area contributed by atoms with Crippen molar-refractivity contribution in [3.63, 3.8) is 0 Å². The highest BCUT2D eigenvalue weighted by molar-refractivity contribution is 9.09. The molecule has 0 bridgehead atoms. The van der Waals surface area contributed by atoms with Crippen LogP contribution >= 0.6 is 15.9 Å². The molecule has 1 saturated carbocycles. The van der Waals surface area contributed by atoms with Gasteiger partial charge in [-0.3, -0.25) is 4.90 Å². The molecule has 2 unspecified atom stereocenters. The van der Waals surface area contributed by atoms with E-state index in [1.165, 1.54) is 50.5 Å². The Kier molecular flexibility index (Phi) is 3.77. The van der Waals surface area contributed by atoms with Gasteiger partial charge in [-0.15, -0.1) is 0 Å². The third kappa shape index (κ3) is 2.58. The van der Waals surface area contributed by atoms with E-state index in [-0.39, 0.29) is 0 Å². The van der Waals surface area contributed by atoms with Crippen molar-refractivity contribution in [1.82, 2.24) is 4.90 Å². The summed E-state index contributed by atoms with van der Waals surface area (Å²) < 4.78 is 0. The fourth-order valence-corrected chi connectivity index (χ4v) is 4.23. The minimum atomic E-state index is 0.609. The van der Waals surface area contributed by atoms with E-state index >= 15 is 0 Å². The van der Waals surface area contributed by atoms with E-state index in [0.717, 1.165) is 12.0 Å². The van der Waals surface area contributed by atoms with E-state index in [4.69, 9.17) is 0 Å². The molecule has 1 aliphatic heterocycles. The number of nitrogens with zero attached hydrogens (tertiary/aromatic N) is 1. The van der Waals surface area contributed by atoms with Gasteiger partial charge in [-0.05, 0) is 37.5 Å². The second kappa shape index (κ2) is 4.75. The molecule has 2 heteroatoms. The van der Waals surface area contributed by atoms with Crippen molar-refractivity contribution < 1.29 is 0 Å². The smallest absolute Gasteiger partial charge is 0.0100 e. The van der Waals surface area contributed by atoms with Crippen LogP contribution in [-0.2, 0) is 0 Å². The standard InChI is InChI=1S/C13H24BrN/c1-11-7-12(2)15(8-11)10-13(9-14)5-3-4-6-13/h11-12H,3-10H2,1-2H3. The first-order chi connectivity index (χ1) is 7.15. The lowest BCUT2D eigenvalue weighted by Crippen LogP contribution is -2.39. The van der Waals surface area contributed by atoms with Crippen LogP contribution in [0.3, 0.4) is 0 Å². The van der Waals surface area contributed by atoms with Crippen molar-refractivity contribution in [3.05, 3.63) is 0 Å². The molecular weight excluding hydrogens is 250 g/mol. The second-order valence-electron chi connectivity index (χ2n) is 5.96. The van der Waals surface area contributed by atoms with Gasteiger partial charge in [0.1, 0.15) is 0 Å². The zero-order valence-corrected chi connectivity index (χ0v) is 11.7. The largest absolute Gasteiger partial charge is 0.300 e. The molecule has 1 saturated heterocycles. The number of halogens is 1. The zero-order valence-electron chi connectivity index (χ0n) is 10.1. The molecule has 1 nitrogen and oxygen atoms in total. The van der Waals surface area contributed by atoms with Crippen LogP contribution in [0.1, 0.15) is 46.0 Å². The van der Waals surface area contributed by atoms with Gasteiger partial charge in [-0.1, -0.05) is 35.7 Å². The number of hydrogen-bond donors (Lipinski definition) is 0. The van der Waals surface area contributed by atoms with E-state index in [1.807, 2.05) is 0 Å². The Hall–Kier alpha value is 0.440. The summed E-state index contributed by atoms with van der Waals surface area (Å²) in [6, 6.07) is 0.816. The molecule has 2 atom stereocenters. The van der Waals surface area contributed by atoms with Gasteiger partial charge in [0.05, 0.1) is 0 Å². The summed E-state index contributed by atoms with van der Waals surface area (Å²) in [5.74, 6) is 0.911. The highest BCUT2D eigenvalue weighted by Crippen LogP contribution is 2.41. The van der Waals surface area contributed by atoms with Gasteiger partial charge in [-0.25, -0.2) is 0 Å². The Morgan fingerprint density at radius 3 is 2.40 bits per heavy atom. The van der Waals surface area contributed by atoms with Crippen molar-refractivity contribution in [1.29, 1.82) is 0 Å². The SMILES string of the molecule is CC1CC(C)N(CC2(CBr)CCCC2)C1. The summed E-state index contributed by atoms with van der Waals surface area (Å²) in [5, 5.41) is 1.21. The monoisotopic (exact) mass is 273 g/mol. The van der Waals surface area contributed by atoms with Gasteiger partial charge in [0.25, 0.3) is 0 Å². The van der Waals surface area contributed by atoms with Gasteiger partial charge in [0.15, 0.2) is 0 Å². The zero-order chi connectivity index (χ0) is 10.9. The molecular formula is C13H24BrN. The second-order valence-corrected chi connectivity index (χ2v) is 6.52. The number of alkyl halides is 1. The Labute approximate surface area is 103 Å². The number of likely N-dealkylation sites (tertiary alicyclic amines) is 1. The van der Waals surface area contributed by atoms with Gasteiger partial charge >= 0.3 is 0 Å². The molecule has 2 rings (SSSR count). The molecule has 88 valence electrons. The maximum atomic E-state index is 3.75. The summed E-state index contributed by atoms with van der Waals surface area (Å²) in [5.41, 5.74) is 0.609. The summed E-state index contributed by atoms with van der Waals surface area (Å²) in [6.45, 7) is 7.46. The first-order valence-corrected chi connectivity index (χ1v) is 7.57. The lowest BCUT2D eigenvalue weighted by Gasteiger charge is -2.34. The Balaban J connectivity index is 1.95. The summed E-state index contributed by atoms with van der Waals surface area (Å²) >= 11 is 3.75. The van der Waals surface area contributed by atoms with Gasteiger partial charge in [-0.2, -0.15) is 0 Å². The van der Waals surface area contributed by atoms with E-state index in [0.29, 0.717) is 5.41 Å². The molecule has 15 heavy (non-hydrogen) atoms. The average molecular weight is 274 g/mol. The fourth-order valence-electron chi connectivity index (χ4n) is 3.50. The van der Waals surface area contributed by atoms with Crippen molar-refractivity contribution in [3.8, 4) is 0 Å². The summed E-state index contributed by atoms with van der Waals surface area (Å²) in [7, 11) is 0. The number of rotatable bonds is 3. The highest BCUT2D eigenvalue weighted by Gasteiger charge is 2.37. The molecule has 0 spiro atoms. The molecule has 1 aliphatic carbocycles. The fraction of sp³-hybridized carbons (Fsp3) is 1.00. The summed E-state index contributed by atoms with van der Waals surface area (Å²) in [6.07, 6.45) is 7.18. The van der Waals surface area contributed by atoms with Gasteiger partial charge in [0.2, 0.25) is 0 Å². The van der Waals surface area contributed by atoms with Crippen LogP contribution in [0.2, 0.25) is 0 Å². The van der Waals surface area contributed by atoms with Gasteiger partial charge < -0.3 is 0 Å². The van der Waals surface area contributed by atoms with Gasteiger partial charge in [0, 0.05) is 24.5 Å². The van der Waals surface area contributed by atoms with Crippen molar-refractivity contribution in [2.45, 2.75) is 52.0 Å². The summed E-state index contributed by atoms with van der Waals surface area (Å²) in [4.78, 5) is 2.73. The van der Waals surface area contributed by atoms with Crippen molar-refractivity contribution >= 4 is 15.9 Å². The average Bonchev–Trinajstić information content (AvgIpc) is 2.76. The molecule has 0 radical (unpaired) electrons. The van der Waals surface area contributed by atoms with E-state index in [9.17, 15) is 0 Å². The van der Waals surface area contributed by atoms with Crippen LogP contribution in [-0.4, -0.2) is 29.4 Å².